The summed E-state index contributed by atoms with van der Waals surface area (Å²) in [6, 6.07) is 0. The van der Waals surface area contributed by atoms with Crippen LogP contribution in [0.2, 0.25) is 0 Å². The van der Waals surface area contributed by atoms with Gasteiger partial charge < -0.3 is 26.6 Å². The molecule has 4 N–H and O–H groups in total. The summed E-state index contributed by atoms with van der Waals surface area (Å²) in [5.74, 6) is 4.18. The van der Waals surface area contributed by atoms with Crippen molar-refractivity contribution in [1.29, 1.82) is 0 Å². The molecule has 4 saturated carbocycles. The van der Waals surface area contributed by atoms with Gasteiger partial charge in [-0.15, -0.1) is 8.58 Å². The van der Waals surface area contributed by atoms with Crippen molar-refractivity contribution in [3.05, 3.63) is 6.16 Å². The van der Waals surface area contributed by atoms with Gasteiger partial charge in [-0.3, -0.25) is 8.58 Å². The predicted octanol–water partition coefficient (Wildman–Crippen LogP) is 5.55. The summed E-state index contributed by atoms with van der Waals surface area (Å²) in [5, 5.41) is 40.2. The van der Waals surface area contributed by atoms with E-state index in [0.29, 0.717) is 29.6 Å². The molecule has 4 rings (SSSR count). The van der Waals surface area contributed by atoms with Crippen LogP contribution in [0.25, 0.3) is 0 Å². The Balaban J connectivity index is 0.00000361. The van der Waals surface area contributed by atoms with Crippen molar-refractivity contribution in [2.45, 2.75) is 121 Å². The molecule has 7 heteroatoms. The second-order valence-electron chi connectivity index (χ2n) is 12.5. The van der Waals surface area contributed by atoms with Crippen LogP contribution in [0.4, 0.5) is 0 Å². The molecule has 0 aromatic rings. The van der Waals surface area contributed by atoms with Gasteiger partial charge in [0.25, 0.3) is 0 Å². The molecule has 0 heterocycles. The van der Waals surface area contributed by atoms with Crippen molar-refractivity contribution >= 4 is 17.2 Å². The van der Waals surface area contributed by atoms with Gasteiger partial charge in [-0.05, 0) is 132 Å². The summed E-state index contributed by atoms with van der Waals surface area (Å²) in [5.41, 5.74) is 0. The smallest absolute Gasteiger partial charge is 0.0543 e. The molecule has 4 aliphatic carbocycles. The third kappa shape index (κ3) is 9.77. The molecule has 0 radical (unpaired) electrons. The van der Waals surface area contributed by atoms with E-state index in [1.165, 1.54) is 63.4 Å². The first-order valence-corrected chi connectivity index (χ1v) is 17.7. The molecule has 10 unspecified atom stereocenters. The zero-order chi connectivity index (χ0) is 24.6. The van der Waals surface area contributed by atoms with E-state index in [1.807, 2.05) is 0 Å². The van der Waals surface area contributed by atoms with Gasteiger partial charge in [0.2, 0.25) is 0 Å². The van der Waals surface area contributed by atoms with Crippen molar-refractivity contribution in [3.63, 3.8) is 0 Å². The van der Waals surface area contributed by atoms with Crippen molar-refractivity contribution in [3.8, 4) is 0 Å². The molecular formula is C29H53O4P2Pd-. The van der Waals surface area contributed by atoms with Crippen LogP contribution >= 0.6 is 17.2 Å². The summed E-state index contributed by atoms with van der Waals surface area (Å²) in [6.07, 6.45) is 22.7. The Morgan fingerprint density at radius 3 is 1.31 bits per heavy atom. The second-order valence-corrected chi connectivity index (χ2v) is 15.3. The van der Waals surface area contributed by atoms with E-state index < -0.39 is 0 Å². The third-order valence-electron chi connectivity index (χ3n) is 10.1. The predicted molar refractivity (Wildman–Crippen MR) is 150 cm³/mol. The molecule has 4 aliphatic rings. The number of rotatable bonds is 14. The van der Waals surface area contributed by atoms with Crippen LogP contribution in [-0.4, -0.2) is 63.3 Å². The van der Waals surface area contributed by atoms with E-state index >= 15 is 0 Å². The summed E-state index contributed by atoms with van der Waals surface area (Å²) >= 11 is 0. The van der Waals surface area contributed by atoms with Crippen molar-refractivity contribution in [2.75, 3.05) is 18.5 Å². The minimum Gasteiger partial charge on any atom is -0.393 e. The number of aliphatic hydroxyl groups is 4. The SMILES string of the molecule is OC1CCC(C(CCP[CH-]CCPCCC(C2CCC(O)C2)C2CCC(O)C2)C2CCC(O)C2)C1.[Pd]. The fourth-order valence-corrected chi connectivity index (χ4v) is 10.7. The van der Waals surface area contributed by atoms with Crippen LogP contribution in [0.3, 0.4) is 0 Å². The quantitative estimate of drug-likeness (QED) is 0.0876. The topological polar surface area (TPSA) is 80.9 Å². The molecule has 4 nitrogen and oxygen atoms in total. The van der Waals surface area contributed by atoms with Crippen LogP contribution in [-0.2, 0) is 20.4 Å². The van der Waals surface area contributed by atoms with Gasteiger partial charge >= 0.3 is 0 Å². The van der Waals surface area contributed by atoms with E-state index in [4.69, 9.17) is 0 Å². The summed E-state index contributed by atoms with van der Waals surface area (Å²) < 4.78 is 0. The van der Waals surface area contributed by atoms with Gasteiger partial charge in [0, 0.05) is 20.4 Å². The average molecular weight is 634 g/mol. The van der Waals surface area contributed by atoms with Gasteiger partial charge in [0.1, 0.15) is 0 Å². The molecule has 36 heavy (non-hydrogen) atoms. The minimum absolute atomic E-state index is 0. The average Bonchev–Trinajstić information content (AvgIpc) is 3.63. The molecule has 0 aliphatic heterocycles. The van der Waals surface area contributed by atoms with Gasteiger partial charge in [-0.25, -0.2) is 0 Å². The molecule has 4 fully saturated rings. The van der Waals surface area contributed by atoms with Crippen molar-refractivity contribution in [1.82, 2.24) is 0 Å². The second kappa shape index (κ2) is 16.6. The molecule has 0 saturated heterocycles. The number of aliphatic hydroxyl groups excluding tert-OH is 4. The van der Waals surface area contributed by atoms with Crippen LogP contribution < -0.4 is 0 Å². The van der Waals surface area contributed by atoms with Gasteiger partial charge in [-0.2, -0.15) is 6.42 Å². The van der Waals surface area contributed by atoms with E-state index in [-0.39, 0.29) is 44.8 Å². The van der Waals surface area contributed by atoms with Crippen LogP contribution in [0.1, 0.15) is 96.3 Å². The molecule has 0 amide bonds. The summed E-state index contributed by atoms with van der Waals surface area (Å²) in [4.78, 5) is 0. The largest absolute Gasteiger partial charge is 0.393 e. The molecule has 0 bridgehead atoms. The van der Waals surface area contributed by atoms with E-state index in [0.717, 1.165) is 74.4 Å². The Hall–Kier alpha value is 1.36. The maximum Gasteiger partial charge on any atom is 0.0543 e. The van der Waals surface area contributed by atoms with Gasteiger partial charge in [0.15, 0.2) is 0 Å². The fraction of sp³-hybridized carbons (Fsp3) is 0.966. The van der Waals surface area contributed by atoms with Crippen LogP contribution in [0, 0.1) is 41.7 Å². The van der Waals surface area contributed by atoms with Gasteiger partial charge in [0.05, 0.1) is 24.4 Å². The van der Waals surface area contributed by atoms with Crippen LogP contribution in [0.5, 0.6) is 0 Å². The first kappa shape index (κ1) is 31.9. The Labute approximate surface area is 238 Å². The third-order valence-corrected chi connectivity index (χ3v) is 12.5. The first-order chi connectivity index (χ1) is 17.0. The molecular weight excluding hydrogens is 581 g/mol. The zero-order valence-corrected chi connectivity index (χ0v) is 25.7. The van der Waals surface area contributed by atoms with Crippen LogP contribution in [0.15, 0.2) is 0 Å². The maximum absolute atomic E-state index is 10.1. The molecule has 0 aromatic heterocycles. The molecule has 10 atom stereocenters. The van der Waals surface area contributed by atoms with E-state index in [9.17, 15) is 20.4 Å². The molecule has 0 spiro atoms. The maximum atomic E-state index is 10.1. The van der Waals surface area contributed by atoms with E-state index in [1.54, 1.807) is 0 Å². The first-order valence-electron chi connectivity index (χ1n) is 15.0. The van der Waals surface area contributed by atoms with Crippen molar-refractivity contribution in [2.24, 2.45) is 35.5 Å². The van der Waals surface area contributed by atoms with Gasteiger partial charge in [-0.1, -0.05) is 12.3 Å². The standard InChI is InChI=1S/C29H53O4P2.Pd/c30-24-6-2-20(16-24)28(21-3-7-25(31)17-21)10-14-34-12-1-13-35-15-11-29(22-4-8-26(32)18-22)23-5-9-27(33)19-23;/h12,20-35H,1-11,13-19H2;/q-1;. The van der Waals surface area contributed by atoms with Crippen molar-refractivity contribution < 1.29 is 40.8 Å². The molecule has 214 valence electrons. The van der Waals surface area contributed by atoms with E-state index in [2.05, 4.69) is 6.16 Å². The Morgan fingerprint density at radius 2 is 0.944 bits per heavy atom. The summed E-state index contributed by atoms with van der Waals surface area (Å²) in [7, 11) is 2.00. The minimum atomic E-state index is -0.0825. The summed E-state index contributed by atoms with van der Waals surface area (Å²) in [6.45, 7) is 0. The number of hydrogen-bond donors (Lipinski definition) is 4. The Bertz CT molecular complexity index is 524. The zero-order valence-electron chi connectivity index (χ0n) is 22.2. The normalized spacial score (nSPS) is 39.0. The Kier molecular flexibility index (Phi) is 14.7. The number of hydrogen-bond acceptors (Lipinski definition) is 4. The molecule has 0 aromatic carbocycles. The monoisotopic (exact) mass is 633 g/mol. The fourth-order valence-electron chi connectivity index (χ4n) is 8.26. The Morgan fingerprint density at radius 1 is 0.556 bits per heavy atom.